The second-order valence-electron chi connectivity index (χ2n) is 6.12. The molecule has 1 aliphatic heterocycles. The summed E-state index contributed by atoms with van der Waals surface area (Å²) >= 11 is 13.8. The van der Waals surface area contributed by atoms with Crippen molar-refractivity contribution in [1.82, 2.24) is 9.88 Å². The molecule has 0 radical (unpaired) electrons. The van der Waals surface area contributed by atoms with Gasteiger partial charge >= 0.3 is 0 Å². The van der Waals surface area contributed by atoms with Gasteiger partial charge in [-0.3, -0.25) is 4.98 Å². The summed E-state index contributed by atoms with van der Waals surface area (Å²) in [4.78, 5) is 7.60. The van der Waals surface area contributed by atoms with Crippen LogP contribution < -0.4 is 0 Å². The van der Waals surface area contributed by atoms with Crippen LogP contribution in [0.5, 0.6) is 0 Å². The minimum Gasteiger partial charge on any atom is -0.392 e. The average Bonchev–Trinajstić information content (AvgIpc) is 2.66. The summed E-state index contributed by atoms with van der Waals surface area (Å²) in [5, 5.41) is 11.0. The van der Waals surface area contributed by atoms with Crippen molar-refractivity contribution in [2.24, 2.45) is 0 Å². The summed E-state index contributed by atoms with van der Waals surface area (Å²) < 4.78 is 0. The maximum Gasteiger partial charge on any atom is 0.0701 e. The number of aliphatic hydroxyl groups is 1. The van der Waals surface area contributed by atoms with Crippen molar-refractivity contribution in [2.75, 3.05) is 18.9 Å². The summed E-state index contributed by atoms with van der Waals surface area (Å²) in [5.74, 6) is 0.726. The Hall–Kier alpha value is -1.46. The minimum absolute atomic E-state index is 0.0306. The van der Waals surface area contributed by atoms with E-state index in [2.05, 4.69) is 30.3 Å². The van der Waals surface area contributed by atoms with Crippen LogP contribution in [-0.4, -0.2) is 33.9 Å². The van der Waals surface area contributed by atoms with E-state index in [9.17, 15) is 5.11 Å². The van der Waals surface area contributed by atoms with E-state index in [1.165, 1.54) is 10.5 Å². The van der Waals surface area contributed by atoms with Crippen LogP contribution in [0.4, 0.5) is 0 Å². The number of hydrogen-bond acceptors (Lipinski definition) is 4. The first-order chi connectivity index (χ1) is 13.0. The largest absolute Gasteiger partial charge is 0.392 e. The van der Waals surface area contributed by atoms with E-state index in [0.717, 1.165) is 35.7 Å². The Labute approximate surface area is 175 Å². The van der Waals surface area contributed by atoms with Crippen LogP contribution in [0.15, 0.2) is 81.1 Å². The number of hydrogen-bond donors (Lipinski definition) is 1. The van der Waals surface area contributed by atoms with E-state index in [-0.39, 0.29) is 6.61 Å². The first-order valence-electron chi connectivity index (χ1n) is 8.59. The fraction of sp³-hybridized carbons (Fsp3) is 0.286. The Balaban J connectivity index is 2.14. The van der Waals surface area contributed by atoms with Gasteiger partial charge in [-0.2, -0.15) is 0 Å². The lowest BCUT2D eigenvalue weighted by Gasteiger charge is -2.34. The molecule has 144 valence electrons. The van der Waals surface area contributed by atoms with Gasteiger partial charge in [0, 0.05) is 57.5 Å². The molecule has 2 heterocycles. The van der Waals surface area contributed by atoms with Gasteiger partial charge in [0.1, 0.15) is 0 Å². The van der Waals surface area contributed by atoms with Crippen LogP contribution in [0, 0.1) is 0 Å². The smallest absolute Gasteiger partial charge is 0.0701 e. The summed E-state index contributed by atoms with van der Waals surface area (Å²) in [6.45, 7) is 9.36. The van der Waals surface area contributed by atoms with E-state index in [1.807, 2.05) is 18.2 Å². The number of pyridine rings is 1. The van der Waals surface area contributed by atoms with Gasteiger partial charge < -0.3 is 10.0 Å². The van der Waals surface area contributed by atoms with Gasteiger partial charge in [0.15, 0.2) is 0 Å². The molecule has 0 fully saturated rings. The second-order valence-corrected chi connectivity index (χ2v) is 8.10. The maximum atomic E-state index is 9.87. The number of thioether (sulfide) groups is 1. The number of halogens is 2. The predicted octanol–water partition coefficient (Wildman–Crippen LogP) is 5.60. The van der Waals surface area contributed by atoms with Gasteiger partial charge in [0.25, 0.3) is 0 Å². The highest BCUT2D eigenvalue weighted by molar-refractivity contribution is 8.03. The fourth-order valence-electron chi connectivity index (χ4n) is 2.78. The van der Waals surface area contributed by atoms with Crippen LogP contribution in [0.2, 0.25) is 0 Å². The topological polar surface area (TPSA) is 36.4 Å². The van der Waals surface area contributed by atoms with Crippen LogP contribution in [0.1, 0.15) is 19.4 Å². The lowest BCUT2D eigenvalue weighted by molar-refractivity contribution is 0.309. The standard InChI is InChI=1S/C21H24Cl2N2OS/c1-4-18(22)11-19(23)7-10-27-21-13-25(12-17-5-8-24-9-6-17)16(3)20(14-26)15(21)2/h4-9,11,26H,1,10,12-14H2,2-3H3/b18-11+,19-7+. The third kappa shape index (κ3) is 6.28. The number of nitrogens with zero attached hydrogens (tertiary/aromatic N) is 2. The number of aliphatic hydroxyl groups excluding tert-OH is 1. The SMILES string of the molecule is C=C/C(Cl)=C\C(Cl)=C/CSC1=C(C)C(CO)=C(C)N(Cc2ccncc2)C1. The maximum absolute atomic E-state index is 9.87. The molecule has 0 atom stereocenters. The zero-order valence-corrected chi connectivity index (χ0v) is 17.9. The number of aromatic nitrogens is 1. The summed E-state index contributed by atoms with van der Waals surface area (Å²) in [5.41, 5.74) is 4.45. The van der Waals surface area contributed by atoms with E-state index in [0.29, 0.717) is 10.1 Å². The highest BCUT2D eigenvalue weighted by Crippen LogP contribution is 2.34. The van der Waals surface area contributed by atoms with Crippen molar-refractivity contribution >= 4 is 35.0 Å². The van der Waals surface area contributed by atoms with Crippen molar-refractivity contribution < 1.29 is 5.11 Å². The Morgan fingerprint density at radius 1 is 1.30 bits per heavy atom. The number of allylic oxidation sites excluding steroid dienone is 5. The fourth-order valence-corrected chi connectivity index (χ4v) is 4.29. The van der Waals surface area contributed by atoms with Crippen molar-refractivity contribution in [2.45, 2.75) is 20.4 Å². The van der Waals surface area contributed by atoms with Gasteiger partial charge in [0.05, 0.1) is 6.61 Å². The van der Waals surface area contributed by atoms with Crippen LogP contribution in [0.3, 0.4) is 0 Å². The quantitative estimate of drug-likeness (QED) is 0.552. The molecule has 0 amide bonds. The predicted molar refractivity (Wildman–Crippen MR) is 118 cm³/mol. The van der Waals surface area contributed by atoms with Crippen molar-refractivity contribution in [3.8, 4) is 0 Å². The van der Waals surface area contributed by atoms with Gasteiger partial charge in [-0.25, -0.2) is 0 Å². The highest BCUT2D eigenvalue weighted by atomic mass is 35.5. The minimum atomic E-state index is 0.0306. The first kappa shape index (κ1) is 21.8. The van der Waals surface area contributed by atoms with E-state index in [1.54, 1.807) is 36.3 Å². The molecule has 1 aromatic rings. The lowest BCUT2D eigenvalue weighted by Crippen LogP contribution is -2.29. The van der Waals surface area contributed by atoms with Crippen molar-refractivity contribution in [3.63, 3.8) is 0 Å². The Morgan fingerprint density at radius 2 is 2.00 bits per heavy atom. The normalized spacial score (nSPS) is 16.3. The molecule has 0 unspecified atom stereocenters. The van der Waals surface area contributed by atoms with Crippen LogP contribution in [0.25, 0.3) is 0 Å². The van der Waals surface area contributed by atoms with Gasteiger partial charge in [0.2, 0.25) is 0 Å². The van der Waals surface area contributed by atoms with Gasteiger partial charge in [-0.15, -0.1) is 11.8 Å². The highest BCUT2D eigenvalue weighted by Gasteiger charge is 2.22. The van der Waals surface area contributed by atoms with E-state index in [4.69, 9.17) is 23.2 Å². The molecule has 2 rings (SSSR count). The van der Waals surface area contributed by atoms with E-state index >= 15 is 0 Å². The molecule has 1 aromatic heterocycles. The molecule has 0 spiro atoms. The average molecular weight is 423 g/mol. The first-order valence-corrected chi connectivity index (χ1v) is 10.3. The molecule has 1 N–H and O–H groups in total. The molecule has 0 saturated carbocycles. The molecule has 0 aromatic carbocycles. The van der Waals surface area contributed by atoms with Crippen LogP contribution in [-0.2, 0) is 6.54 Å². The van der Waals surface area contributed by atoms with Crippen LogP contribution >= 0.6 is 35.0 Å². The second kappa shape index (κ2) is 10.8. The van der Waals surface area contributed by atoms with Gasteiger partial charge in [-0.1, -0.05) is 41.9 Å². The lowest BCUT2D eigenvalue weighted by atomic mass is 10.0. The molecule has 0 saturated heterocycles. The Kier molecular flexibility index (Phi) is 8.71. The monoisotopic (exact) mass is 422 g/mol. The number of rotatable bonds is 8. The Bertz CT molecular complexity index is 798. The van der Waals surface area contributed by atoms with Crippen molar-refractivity contribution in [3.05, 3.63) is 86.7 Å². The molecular formula is C21H24Cl2N2OS. The molecular weight excluding hydrogens is 399 g/mol. The molecule has 3 nitrogen and oxygen atoms in total. The van der Waals surface area contributed by atoms with Crippen molar-refractivity contribution in [1.29, 1.82) is 0 Å². The zero-order chi connectivity index (χ0) is 19.8. The molecule has 1 aliphatic rings. The summed E-state index contributed by atoms with van der Waals surface area (Å²) in [6, 6.07) is 4.03. The third-order valence-electron chi connectivity index (χ3n) is 4.40. The summed E-state index contributed by atoms with van der Waals surface area (Å²) in [7, 11) is 0. The molecule has 6 heteroatoms. The Morgan fingerprint density at radius 3 is 2.63 bits per heavy atom. The van der Waals surface area contributed by atoms with E-state index < -0.39 is 0 Å². The third-order valence-corrected chi connectivity index (χ3v) is 6.05. The summed E-state index contributed by atoms with van der Waals surface area (Å²) in [6.07, 6.45) is 8.76. The van der Waals surface area contributed by atoms with Gasteiger partial charge in [-0.05, 0) is 43.2 Å². The molecule has 27 heavy (non-hydrogen) atoms. The molecule has 0 aliphatic carbocycles. The molecule has 0 bridgehead atoms. The zero-order valence-electron chi connectivity index (χ0n) is 15.6.